The molecule has 0 radical (unpaired) electrons. The molecule has 1 fully saturated rings. The molecule has 1 aromatic heterocycles. The summed E-state index contributed by atoms with van der Waals surface area (Å²) in [7, 11) is -3.51. The second-order valence-corrected chi connectivity index (χ2v) is 7.13. The fraction of sp³-hybridized carbons (Fsp3) is 0.692. The molecule has 0 amide bonds. The number of rotatable bonds is 4. The van der Waals surface area contributed by atoms with Crippen LogP contribution in [0.4, 0.5) is 0 Å². The molecule has 0 atom stereocenters. The highest BCUT2D eigenvalue weighted by Crippen LogP contribution is 2.22. The molecule has 0 aliphatic carbocycles. The van der Waals surface area contributed by atoms with E-state index in [4.69, 9.17) is 4.74 Å². The van der Waals surface area contributed by atoms with Crippen LogP contribution in [0.2, 0.25) is 0 Å². The van der Waals surface area contributed by atoms with E-state index in [2.05, 4.69) is 0 Å². The zero-order chi connectivity index (χ0) is 14.8. The van der Waals surface area contributed by atoms with Crippen LogP contribution in [0.25, 0.3) is 0 Å². The smallest absolute Gasteiger partial charge is 0.244 e. The Morgan fingerprint density at radius 3 is 2.70 bits per heavy atom. The molecule has 0 spiro atoms. The number of aliphatic hydroxyl groups excluding tert-OH is 1. The van der Waals surface area contributed by atoms with Crippen LogP contribution in [-0.4, -0.2) is 48.7 Å². The molecule has 0 unspecified atom stereocenters. The van der Waals surface area contributed by atoms with Crippen LogP contribution in [0.15, 0.2) is 17.2 Å². The first kappa shape index (κ1) is 15.5. The van der Waals surface area contributed by atoms with Gasteiger partial charge in [-0.1, -0.05) is 0 Å². The van der Waals surface area contributed by atoms with Crippen LogP contribution in [0.1, 0.15) is 32.0 Å². The molecule has 2 heterocycles. The number of hydrogen-bond acceptors (Lipinski definition) is 4. The van der Waals surface area contributed by atoms with Crippen molar-refractivity contribution in [1.29, 1.82) is 0 Å². The van der Waals surface area contributed by atoms with Crippen LogP contribution in [0, 0.1) is 0 Å². The number of hydrogen-bond donors (Lipinski definition) is 1. The molecule has 1 aliphatic rings. The molecule has 114 valence electrons. The highest BCUT2D eigenvalue weighted by atomic mass is 32.2. The van der Waals surface area contributed by atoms with Crippen LogP contribution < -0.4 is 0 Å². The summed E-state index contributed by atoms with van der Waals surface area (Å²) in [4.78, 5) is 0.247. The van der Waals surface area contributed by atoms with Crippen LogP contribution >= 0.6 is 0 Å². The predicted octanol–water partition coefficient (Wildman–Crippen LogP) is 0.972. The molecule has 2 rings (SSSR count). The fourth-order valence-electron chi connectivity index (χ4n) is 2.36. The maximum absolute atomic E-state index is 12.6. The van der Waals surface area contributed by atoms with E-state index in [-0.39, 0.29) is 17.5 Å². The Balaban J connectivity index is 2.33. The van der Waals surface area contributed by atoms with Gasteiger partial charge in [0.1, 0.15) is 4.90 Å². The third-order valence-electron chi connectivity index (χ3n) is 3.44. The van der Waals surface area contributed by atoms with Gasteiger partial charge < -0.3 is 14.4 Å². The van der Waals surface area contributed by atoms with Gasteiger partial charge in [0.15, 0.2) is 0 Å². The lowest BCUT2D eigenvalue weighted by molar-refractivity contribution is 0.148. The molecule has 0 saturated carbocycles. The average molecular weight is 302 g/mol. The zero-order valence-corrected chi connectivity index (χ0v) is 12.8. The van der Waals surface area contributed by atoms with Gasteiger partial charge in [0, 0.05) is 37.6 Å². The van der Waals surface area contributed by atoms with E-state index in [1.54, 1.807) is 16.8 Å². The van der Waals surface area contributed by atoms with Crippen molar-refractivity contribution in [2.45, 2.75) is 37.8 Å². The van der Waals surface area contributed by atoms with Gasteiger partial charge in [0.05, 0.1) is 13.2 Å². The Bertz CT molecular complexity index is 543. The Kier molecular flexibility index (Phi) is 4.85. The molecular formula is C13H22N2O4S. The number of sulfonamides is 1. The van der Waals surface area contributed by atoms with Crippen molar-refractivity contribution in [3.8, 4) is 0 Å². The van der Waals surface area contributed by atoms with Gasteiger partial charge in [-0.05, 0) is 26.3 Å². The number of ether oxygens (including phenoxy) is 1. The molecule has 7 heteroatoms. The van der Waals surface area contributed by atoms with Crippen molar-refractivity contribution < 1.29 is 18.3 Å². The summed E-state index contributed by atoms with van der Waals surface area (Å²) in [6.45, 7) is 5.62. The summed E-state index contributed by atoms with van der Waals surface area (Å²) >= 11 is 0. The lowest BCUT2D eigenvalue weighted by atomic mass is 10.3. The lowest BCUT2D eigenvalue weighted by Crippen LogP contribution is -2.33. The van der Waals surface area contributed by atoms with E-state index in [1.807, 2.05) is 13.8 Å². The first-order valence-electron chi connectivity index (χ1n) is 6.86. The van der Waals surface area contributed by atoms with E-state index in [1.165, 1.54) is 4.31 Å². The van der Waals surface area contributed by atoms with Crippen molar-refractivity contribution in [3.05, 3.63) is 18.0 Å². The molecule has 1 aromatic rings. The standard InChI is InChI=1S/C13H22N2O4S/c1-11(2)15-9-13(8-12(15)10-16)20(17,18)14-4-3-6-19-7-5-14/h8-9,11,16H,3-7,10H2,1-2H3. The first-order chi connectivity index (χ1) is 9.46. The predicted molar refractivity (Wildman–Crippen MR) is 74.9 cm³/mol. The number of aliphatic hydroxyl groups is 1. The largest absolute Gasteiger partial charge is 0.390 e. The van der Waals surface area contributed by atoms with E-state index < -0.39 is 10.0 Å². The van der Waals surface area contributed by atoms with Gasteiger partial charge in [-0.3, -0.25) is 0 Å². The van der Waals surface area contributed by atoms with Crippen LogP contribution in [-0.2, 0) is 21.4 Å². The third-order valence-corrected chi connectivity index (χ3v) is 5.31. The highest BCUT2D eigenvalue weighted by Gasteiger charge is 2.27. The Morgan fingerprint density at radius 2 is 2.10 bits per heavy atom. The molecule has 1 saturated heterocycles. The average Bonchev–Trinajstić information content (AvgIpc) is 2.66. The number of aromatic nitrogens is 1. The van der Waals surface area contributed by atoms with Gasteiger partial charge in [-0.25, -0.2) is 8.42 Å². The van der Waals surface area contributed by atoms with E-state index >= 15 is 0 Å². The van der Waals surface area contributed by atoms with Crippen LogP contribution in [0.5, 0.6) is 0 Å². The molecule has 20 heavy (non-hydrogen) atoms. The molecular weight excluding hydrogens is 280 g/mol. The summed E-state index contributed by atoms with van der Waals surface area (Å²) in [5, 5.41) is 9.35. The topological polar surface area (TPSA) is 71.8 Å². The summed E-state index contributed by atoms with van der Waals surface area (Å²) in [5.41, 5.74) is 0.615. The maximum Gasteiger partial charge on any atom is 0.244 e. The minimum Gasteiger partial charge on any atom is -0.390 e. The minimum absolute atomic E-state index is 0.105. The minimum atomic E-state index is -3.51. The van der Waals surface area contributed by atoms with Crippen molar-refractivity contribution >= 4 is 10.0 Å². The second kappa shape index (κ2) is 6.26. The Hall–Kier alpha value is -0.890. The molecule has 6 nitrogen and oxygen atoms in total. The van der Waals surface area contributed by atoms with Crippen LogP contribution in [0.3, 0.4) is 0 Å². The van der Waals surface area contributed by atoms with Crippen molar-refractivity contribution in [2.24, 2.45) is 0 Å². The number of nitrogens with zero attached hydrogens (tertiary/aromatic N) is 2. The highest BCUT2D eigenvalue weighted by molar-refractivity contribution is 7.89. The maximum atomic E-state index is 12.6. The van der Waals surface area contributed by atoms with Crippen molar-refractivity contribution in [1.82, 2.24) is 8.87 Å². The molecule has 1 aliphatic heterocycles. The Morgan fingerprint density at radius 1 is 1.35 bits per heavy atom. The van der Waals surface area contributed by atoms with Crippen molar-refractivity contribution in [2.75, 3.05) is 26.3 Å². The Labute approximate surface area is 120 Å². The summed E-state index contributed by atoms with van der Waals surface area (Å²) < 4.78 is 33.8. The summed E-state index contributed by atoms with van der Waals surface area (Å²) in [5.74, 6) is 0. The van der Waals surface area contributed by atoms with Gasteiger partial charge in [0.2, 0.25) is 10.0 Å². The van der Waals surface area contributed by atoms with Gasteiger partial charge in [-0.2, -0.15) is 4.31 Å². The van der Waals surface area contributed by atoms with Gasteiger partial charge in [0.25, 0.3) is 0 Å². The molecule has 0 bridgehead atoms. The SMILES string of the molecule is CC(C)n1cc(S(=O)(=O)N2CCCOCC2)cc1CO. The molecule has 0 aromatic carbocycles. The van der Waals surface area contributed by atoms with Gasteiger partial charge >= 0.3 is 0 Å². The summed E-state index contributed by atoms with van der Waals surface area (Å²) in [6.07, 6.45) is 2.31. The monoisotopic (exact) mass is 302 g/mol. The fourth-order valence-corrected chi connectivity index (χ4v) is 3.87. The van der Waals surface area contributed by atoms with E-state index in [9.17, 15) is 13.5 Å². The normalized spacial score (nSPS) is 18.4. The molecule has 1 N–H and O–H groups in total. The lowest BCUT2D eigenvalue weighted by Gasteiger charge is -2.18. The van der Waals surface area contributed by atoms with E-state index in [0.29, 0.717) is 38.4 Å². The third kappa shape index (κ3) is 3.06. The first-order valence-corrected chi connectivity index (χ1v) is 8.30. The quantitative estimate of drug-likeness (QED) is 0.899. The van der Waals surface area contributed by atoms with E-state index in [0.717, 1.165) is 0 Å². The van der Waals surface area contributed by atoms with Crippen molar-refractivity contribution in [3.63, 3.8) is 0 Å². The summed E-state index contributed by atoms with van der Waals surface area (Å²) in [6, 6.07) is 1.66. The van der Waals surface area contributed by atoms with Gasteiger partial charge in [-0.15, -0.1) is 0 Å². The zero-order valence-electron chi connectivity index (χ0n) is 11.9. The second-order valence-electron chi connectivity index (χ2n) is 5.20.